The monoisotopic (exact) mass is 491 g/mol. The summed E-state index contributed by atoms with van der Waals surface area (Å²) in [5, 5.41) is 26.4. The van der Waals surface area contributed by atoms with E-state index in [2.05, 4.69) is 33.6 Å². The van der Waals surface area contributed by atoms with E-state index in [1.807, 2.05) is 13.8 Å². The third kappa shape index (κ3) is 12.3. The van der Waals surface area contributed by atoms with Crippen molar-refractivity contribution in [1.29, 1.82) is 0 Å². The highest BCUT2D eigenvalue weighted by Gasteiger charge is 2.32. The molecule has 190 valence electrons. The maximum atomic E-state index is 12.6. The summed E-state index contributed by atoms with van der Waals surface area (Å²) in [7, 11) is 0. The molecular weight excluding hydrogens is 454 g/mol. The van der Waals surface area contributed by atoms with Crippen LogP contribution in [0.3, 0.4) is 0 Å². The van der Waals surface area contributed by atoms with Gasteiger partial charge in [-0.2, -0.15) is 12.6 Å². The minimum Gasteiger partial charge on any atom is -0.480 e. The highest BCUT2D eigenvalue weighted by Crippen LogP contribution is 2.05. The van der Waals surface area contributed by atoms with Gasteiger partial charge in [0.1, 0.15) is 18.1 Å². The Morgan fingerprint density at radius 1 is 0.970 bits per heavy atom. The Labute approximate surface area is 198 Å². The van der Waals surface area contributed by atoms with E-state index < -0.39 is 54.0 Å². The van der Waals surface area contributed by atoms with Gasteiger partial charge in [0, 0.05) is 12.3 Å². The molecule has 0 fully saturated rings. The van der Waals surface area contributed by atoms with Crippen LogP contribution in [0.25, 0.3) is 0 Å². The van der Waals surface area contributed by atoms with E-state index >= 15 is 0 Å². The van der Waals surface area contributed by atoms with Crippen LogP contribution in [0, 0.1) is 5.92 Å². The Hall–Kier alpha value is -2.58. The number of aliphatic hydroxyl groups is 1. The molecule has 11 N–H and O–H groups in total. The lowest BCUT2D eigenvalue weighted by Crippen LogP contribution is -2.60. The van der Waals surface area contributed by atoms with E-state index in [1.54, 1.807) is 0 Å². The molecule has 0 rings (SSSR count). The molecule has 0 aromatic heterocycles. The third-order valence-electron chi connectivity index (χ3n) is 4.50. The number of carbonyl (C=O) groups excluding carboxylic acids is 3. The van der Waals surface area contributed by atoms with Crippen molar-refractivity contribution in [1.82, 2.24) is 16.0 Å². The summed E-state index contributed by atoms with van der Waals surface area (Å²) < 4.78 is 0. The van der Waals surface area contributed by atoms with Crippen LogP contribution in [0.2, 0.25) is 0 Å². The molecule has 5 unspecified atom stereocenters. The fourth-order valence-corrected chi connectivity index (χ4v) is 3.03. The molecule has 0 aliphatic heterocycles. The number of nitrogens with zero attached hydrogens (tertiary/aromatic N) is 1. The molecule has 0 aliphatic rings. The Kier molecular flexibility index (Phi) is 14.1. The van der Waals surface area contributed by atoms with Crippen LogP contribution in [-0.2, 0) is 19.2 Å². The quantitative estimate of drug-likeness (QED) is 0.0499. The lowest BCUT2D eigenvalue weighted by Gasteiger charge is -2.26. The molecule has 0 aliphatic carbocycles. The second-order valence-corrected chi connectivity index (χ2v) is 8.42. The van der Waals surface area contributed by atoms with Crippen molar-refractivity contribution in [2.75, 3.05) is 12.3 Å². The largest absolute Gasteiger partial charge is 0.480 e. The highest BCUT2D eigenvalue weighted by atomic mass is 32.1. The molecule has 13 nitrogen and oxygen atoms in total. The Balaban J connectivity index is 5.14. The van der Waals surface area contributed by atoms with Crippen molar-refractivity contribution >= 4 is 42.3 Å². The number of hydrogen-bond acceptors (Lipinski definition) is 8. The lowest BCUT2D eigenvalue weighted by atomic mass is 10.0. The number of carboxylic acids is 1. The Bertz CT molecular complexity index is 700. The Morgan fingerprint density at radius 3 is 2.00 bits per heavy atom. The minimum absolute atomic E-state index is 0.0153. The molecule has 5 atom stereocenters. The van der Waals surface area contributed by atoms with Crippen LogP contribution in [0.5, 0.6) is 0 Å². The van der Waals surface area contributed by atoms with Gasteiger partial charge in [0.05, 0.1) is 12.1 Å². The number of guanidine groups is 1. The summed E-state index contributed by atoms with van der Waals surface area (Å²) in [6.07, 6.45) is -0.665. The fourth-order valence-electron chi connectivity index (χ4n) is 2.77. The molecule has 0 bridgehead atoms. The number of amides is 3. The number of nitrogens with one attached hydrogen (secondary N) is 3. The van der Waals surface area contributed by atoms with Crippen LogP contribution < -0.4 is 33.2 Å². The number of aliphatic carboxylic acids is 1. The lowest BCUT2D eigenvalue weighted by molar-refractivity contribution is -0.143. The number of carbonyl (C=O) groups is 4. The maximum Gasteiger partial charge on any atom is 0.326 e. The Morgan fingerprint density at radius 2 is 1.55 bits per heavy atom. The van der Waals surface area contributed by atoms with E-state index in [4.69, 9.17) is 17.2 Å². The van der Waals surface area contributed by atoms with Crippen LogP contribution in [0.1, 0.15) is 40.0 Å². The molecule has 0 saturated heterocycles. The van der Waals surface area contributed by atoms with Crippen molar-refractivity contribution < 1.29 is 29.4 Å². The van der Waals surface area contributed by atoms with Gasteiger partial charge in [-0.25, -0.2) is 4.79 Å². The second kappa shape index (κ2) is 15.3. The van der Waals surface area contributed by atoms with Gasteiger partial charge in [-0.15, -0.1) is 0 Å². The smallest absolute Gasteiger partial charge is 0.326 e. The first kappa shape index (κ1) is 30.4. The first-order chi connectivity index (χ1) is 15.3. The predicted molar refractivity (Wildman–Crippen MR) is 126 cm³/mol. The van der Waals surface area contributed by atoms with Gasteiger partial charge in [0.25, 0.3) is 0 Å². The molecule has 0 heterocycles. The van der Waals surface area contributed by atoms with Crippen LogP contribution >= 0.6 is 12.6 Å². The predicted octanol–water partition coefficient (Wildman–Crippen LogP) is -2.74. The van der Waals surface area contributed by atoms with Crippen molar-refractivity contribution in [2.24, 2.45) is 28.1 Å². The zero-order valence-electron chi connectivity index (χ0n) is 19.2. The van der Waals surface area contributed by atoms with Gasteiger partial charge in [0.2, 0.25) is 17.7 Å². The van der Waals surface area contributed by atoms with Crippen LogP contribution in [0.4, 0.5) is 0 Å². The number of rotatable bonds is 15. The molecular formula is C19H37N7O6S. The number of aliphatic imine (C=N–C) groups is 1. The number of aliphatic hydroxyl groups excluding tert-OH is 1. The summed E-state index contributed by atoms with van der Waals surface area (Å²) in [5.74, 6) is -3.62. The van der Waals surface area contributed by atoms with Gasteiger partial charge < -0.3 is 43.4 Å². The normalized spacial score (nSPS) is 15.5. The fraction of sp³-hybridized carbons (Fsp3) is 0.737. The summed E-state index contributed by atoms with van der Waals surface area (Å²) in [6, 6.07) is -4.71. The molecule has 3 amide bonds. The van der Waals surface area contributed by atoms with Crippen molar-refractivity contribution in [3.05, 3.63) is 0 Å². The van der Waals surface area contributed by atoms with E-state index in [0.717, 1.165) is 0 Å². The topological polar surface area (TPSA) is 235 Å². The third-order valence-corrected chi connectivity index (χ3v) is 4.87. The first-order valence-electron chi connectivity index (χ1n) is 10.5. The van der Waals surface area contributed by atoms with Gasteiger partial charge in [-0.1, -0.05) is 13.8 Å². The van der Waals surface area contributed by atoms with Gasteiger partial charge in [-0.3, -0.25) is 19.4 Å². The molecule has 0 saturated carbocycles. The van der Waals surface area contributed by atoms with E-state index in [1.165, 1.54) is 6.92 Å². The molecule has 0 spiro atoms. The first-order valence-corrected chi connectivity index (χ1v) is 11.2. The van der Waals surface area contributed by atoms with Gasteiger partial charge >= 0.3 is 5.97 Å². The number of carboxylic acid groups (broad SMARTS) is 1. The second-order valence-electron chi connectivity index (χ2n) is 8.05. The van der Waals surface area contributed by atoms with E-state index in [-0.39, 0.29) is 37.0 Å². The van der Waals surface area contributed by atoms with E-state index in [9.17, 15) is 29.4 Å². The summed E-state index contributed by atoms with van der Waals surface area (Å²) in [6.45, 7) is 5.22. The molecule has 14 heteroatoms. The number of hydrogen-bond donors (Lipinski definition) is 9. The van der Waals surface area contributed by atoms with Gasteiger partial charge in [0.15, 0.2) is 5.96 Å². The summed E-state index contributed by atoms with van der Waals surface area (Å²) in [4.78, 5) is 52.6. The SMILES string of the molecule is CC(C)CC(N)C(=O)NC(CS)C(=O)NC(C(=O)NC(CCCN=C(N)N)C(=O)O)C(C)O. The maximum absolute atomic E-state index is 12.6. The molecule has 0 radical (unpaired) electrons. The van der Waals surface area contributed by atoms with Crippen LogP contribution in [0.15, 0.2) is 4.99 Å². The number of thiol groups is 1. The van der Waals surface area contributed by atoms with Crippen molar-refractivity contribution in [2.45, 2.75) is 70.3 Å². The summed E-state index contributed by atoms with van der Waals surface area (Å²) in [5.41, 5.74) is 16.2. The number of nitrogens with two attached hydrogens (primary N) is 3. The van der Waals surface area contributed by atoms with Crippen LogP contribution in [-0.4, -0.2) is 82.4 Å². The summed E-state index contributed by atoms with van der Waals surface area (Å²) >= 11 is 4.05. The average molecular weight is 492 g/mol. The van der Waals surface area contributed by atoms with Gasteiger partial charge in [-0.05, 0) is 32.1 Å². The highest BCUT2D eigenvalue weighted by molar-refractivity contribution is 7.80. The zero-order chi connectivity index (χ0) is 25.7. The zero-order valence-corrected chi connectivity index (χ0v) is 20.0. The molecule has 0 aromatic rings. The van der Waals surface area contributed by atoms with Crippen molar-refractivity contribution in [3.8, 4) is 0 Å². The minimum atomic E-state index is -1.47. The molecule has 33 heavy (non-hydrogen) atoms. The average Bonchev–Trinajstić information content (AvgIpc) is 2.70. The van der Waals surface area contributed by atoms with E-state index in [0.29, 0.717) is 6.42 Å². The molecule has 0 aromatic carbocycles. The van der Waals surface area contributed by atoms with Crippen molar-refractivity contribution in [3.63, 3.8) is 0 Å². The standard InChI is InChI=1S/C19H37N7O6S/c1-9(2)7-11(20)15(28)25-13(8-33)16(29)26-14(10(3)27)17(30)24-12(18(31)32)5-4-6-23-19(21)22/h9-14,27,33H,4-8,20H2,1-3H3,(H,24,30)(H,25,28)(H,26,29)(H,31,32)(H4,21,22,23).